The molecule has 1 rings (SSSR count). The maximum atomic E-state index is 9.25. The molecule has 46 valence electrons. The summed E-state index contributed by atoms with van der Waals surface area (Å²) in [6.45, 7) is 5.41. The Bertz CT molecular complexity index is 132. The molecule has 0 spiro atoms. The van der Waals surface area contributed by atoms with Gasteiger partial charge in [-0.05, 0) is 18.9 Å². The van der Waals surface area contributed by atoms with Gasteiger partial charge in [-0.15, -0.1) is 0 Å². The zero-order chi connectivity index (χ0) is 6.36. The first-order valence-electron chi connectivity index (χ1n) is 2.71. The first-order valence-corrected chi connectivity index (χ1v) is 2.71. The Morgan fingerprint density at radius 2 is 2.38 bits per heavy atom. The van der Waals surface area contributed by atoms with Gasteiger partial charge in [-0.1, -0.05) is 6.58 Å². The van der Waals surface area contributed by atoms with E-state index in [1.165, 1.54) is 0 Å². The van der Waals surface area contributed by atoms with Gasteiger partial charge in [-0.2, -0.15) is 0 Å². The van der Waals surface area contributed by atoms with E-state index in [-0.39, 0.29) is 6.04 Å². The summed E-state index contributed by atoms with van der Waals surface area (Å²) >= 11 is 0. The summed E-state index contributed by atoms with van der Waals surface area (Å²) in [7, 11) is 0. The average molecular weight is 113 g/mol. The van der Waals surface area contributed by atoms with Crippen LogP contribution in [0.5, 0.6) is 0 Å². The molecule has 0 heterocycles. The molecule has 2 nitrogen and oxygen atoms in total. The highest BCUT2D eigenvalue weighted by molar-refractivity contribution is 5.26. The lowest BCUT2D eigenvalue weighted by molar-refractivity contribution is 0.182. The third-order valence-electron chi connectivity index (χ3n) is 1.72. The second-order valence-electron chi connectivity index (χ2n) is 2.52. The fraction of sp³-hybridized carbons (Fsp3) is 0.667. The molecule has 2 atom stereocenters. The van der Waals surface area contributed by atoms with Crippen LogP contribution in [0.3, 0.4) is 0 Å². The van der Waals surface area contributed by atoms with Gasteiger partial charge in [0.1, 0.15) is 5.60 Å². The third kappa shape index (κ3) is 0.572. The van der Waals surface area contributed by atoms with Crippen molar-refractivity contribution in [3.05, 3.63) is 12.2 Å². The Kier molecular flexibility index (Phi) is 0.964. The molecule has 0 bridgehead atoms. The second-order valence-corrected chi connectivity index (χ2v) is 2.52. The maximum absolute atomic E-state index is 9.25. The lowest BCUT2D eigenvalue weighted by Crippen LogP contribution is -2.20. The molecule has 1 aliphatic rings. The largest absolute Gasteiger partial charge is 0.384 e. The fourth-order valence-corrected chi connectivity index (χ4v) is 0.767. The van der Waals surface area contributed by atoms with Gasteiger partial charge in [0.05, 0.1) is 0 Å². The highest BCUT2D eigenvalue weighted by Crippen LogP contribution is 2.39. The van der Waals surface area contributed by atoms with Crippen LogP contribution < -0.4 is 5.73 Å². The van der Waals surface area contributed by atoms with Crippen LogP contribution in [-0.2, 0) is 0 Å². The van der Waals surface area contributed by atoms with Gasteiger partial charge >= 0.3 is 0 Å². The standard InChI is InChI=1S/C6H11NO/c1-4(2)6(8)3-5(6)7/h5,8H,1,3,7H2,2H3. The summed E-state index contributed by atoms with van der Waals surface area (Å²) in [6.07, 6.45) is 0.683. The zero-order valence-electron chi connectivity index (χ0n) is 5.02. The summed E-state index contributed by atoms with van der Waals surface area (Å²) in [6, 6.07) is -0.0556. The Morgan fingerprint density at radius 1 is 2.00 bits per heavy atom. The Balaban J connectivity index is 2.60. The summed E-state index contributed by atoms with van der Waals surface area (Å²) in [4.78, 5) is 0. The van der Waals surface area contributed by atoms with E-state index in [2.05, 4.69) is 6.58 Å². The van der Waals surface area contributed by atoms with Crippen molar-refractivity contribution >= 4 is 0 Å². The number of hydrogen-bond donors (Lipinski definition) is 2. The lowest BCUT2D eigenvalue weighted by Gasteiger charge is -2.05. The summed E-state index contributed by atoms with van der Waals surface area (Å²) in [5.41, 5.74) is 5.46. The van der Waals surface area contributed by atoms with Gasteiger partial charge in [-0.25, -0.2) is 0 Å². The number of aliphatic hydroxyl groups is 1. The minimum absolute atomic E-state index is 0.0556. The summed E-state index contributed by atoms with van der Waals surface area (Å²) in [5.74, 6) is 0. The molecular weight excluding hydrogens is 102 g/mol. The summed E-state index contributed by atoms with van der Waals surface area (Å²) < 4.78 is 0. The minimum atomic E-state index is -0.708. The molecule has 1 saturated carbocycles. The smallest absolute Gasteiger partial charge is 0.102 e. The van der Waals surface area contributed by atoms with Crippen molar-refractivity contribution in [1.82, 2.24) is 0 Å². The van der Waals surface area contributed by atoms with Gasteiger partial charge in [0, 0.05) is 6.04 Å². The van der Waals surface area contributed by atoms with Crippen LogP contribution in [0.4, 0.5) is 0 Å². The molecule has 0 aromatic heterocycles. The van der Waals surface area contributed by atoms with E-state index in [4.69, 9.17) is 5.73 Å². The van der Waals surface area contributed by atoms with Crippen molar-refractivity contribution in [2.45, 2.75) is 25.0 Å². The summed E-state index contributed by atoms with van der Waals surface area (Å²) in [5, 5.41) is 9.25. The number of hydrogen-bond acceptors (Lipinski definition) is 2. The van der Waals surface area contributed by atoms with Crippen LogP contribution in [0.25, 0.3) is 0 Å². The molecule has 0 radical (unpaired) electrons. The van der Waals surface area contributed by atoms with E-state index >= 15 is 0 Å². The van der Waals surface area contributed by atoms with Crippen molar-refractivity contribution in [3.63, 3.8) is 0 Å². The molecule has 0 aromatic rings. The van der Waals surface area contributed by atoms with Crippen molar-refractivity contribution in [3.8, 4) is 0 Å². The topological polar surface area (TPSA) is 46.2 Å². The zero-order valence-corrected chi connectivity index (χ0v) is 5.02. The molecule has 3 N–H and O–H groups in total. The third-order valence-corrected chi connectivity index (χ3v) is 1.72. The molecule has 0 aromatic carbocycles. The van der Waals surface area contributed by atoms with Gasteiger partial charge in [0.2, 0.25) is 0 Å². The molecule has 0 saturated heterocycles. The normalized spacial score (nSPS) is 44.1. The van der Waals surface area contributed by atoms with E-state index in [0.29, 0.717) is 6.42 Å². The Hall–Kier alpha value is -0.340. The van der Waals surface area contributed by atoms with E-state index in [0.717, 1.165) is 5.57 Å². The minimum Gasteiger partial charge on any atom is -0.384 e. The molecule has 0 amide bonds. The molecule has 8 heavy (non-hydrogen) atoms. The molecule has 2 unspecified atom stereocenters. The van der Waals surface area contributed by atoms with E-state index < -0.39 is 5.60 Å². The van der Waals surface area contributed by atoms with Crippen LogP contribution in [0, 0.1) is 0 Å². The van der Waals surface area contributed by atoms with Crippen molar-refractivity contribution in [1.29, 1.82) is 0 Å². The van der Waals surface area contributed by atoms with Gasteiger partial charge < -0.3 is 10.8 Å². The Morgan fingerprint density at radius 3 is 2.38 bits per heavy atom. The first kappa shape index (κ1) is 5.79. The number of nitrogens with two attached hydrogens (primary N) is 1. The second kappa shape index (κ2) is 1.33. The quantitative estimate of drug-likeness (QED) is 0.471. The maximum Gasteiger partial charge on any atom is 0.102 e. The van der Waals surface area contributed by atoms with Gasteiger partial charge in [-0.3, -0.25) is 0 Å². The van der Waals surface area contributed by atoms with Crippen molar-refractivity contribution in [2.75, 3.05) is 0 Å². The average Bonchev–Trinajstić information content (AvgIpc) is 2.17. The van der Waals surface area contributed by atoms with Gasteiger partial charge in [0.15, 0.2) is 0 Å². The van der Waals surface area contributed by atoms with Crippen molar-refractivity contribution in [2.24, 2.45) is 5.73 Å². The van der Waals surface area contributed by atoms with Crippen LogP contribution in [0.2, 0.25) is 0 Å². The monoisotopic (exact) mass is 113 g/mol. The fourth-order valence-electron chi connectivity index (χ4n) is 0.767. The van der Waals surface area contributed by atoms with Gasteiger partial charge in [0.25, 0.3) is 0 Å². The highest BCUT2D eigenvalue weighted by atomic mass is 16.3. The van der Waals surface area contributed by atoms with Crippen LogP contribution in [0.1, 0.15) is 13.3 Å². The van der Waals surface area contributed by atoms with E-state index in [1.807, 2.05) is 0 Å². The van der Waals surface area contributed by atoms with Crippen LogP contribution in [0.15, 0.2) is 12.2 Å². The predicted molar refractivity (Wildman–Crippen MR) is 32.4 cm³/mol. The van der Waals surface area contributed by atoms with Crippen LogP contribution >= 0.6 is 0 Å². The Labute approximate surface area is 49.0 Å². The first-order chi connectivity index (χ1) is 3.57. The molecule has 1 fully saturated rings. The van der Waals surface area contributed by atoms with E-state index in [1.54, 1.807) is 6.92 Å². The SMILES string of the molecule is C=C(C)C1(O)CC1N. The molecule has 2 heteroatoms. The highest BCUT2D eigenvalue weighted by Gasteiger charge is 2.51. The molecular formula is C6H11NO. The van der Waals surface area contributed by atoms with E-state index in [9.17, 15) is 5.11 Å². The number of rotatable bonds is 1. The lowest BCUT2D eigenvalue weighted by atomic mass is 10.2. The van der Waals surface area contributed by atoms with Crippen LogP contribution in [-0.4, -0.2) is 16.7 Å². The predicted octanol–water partition coefficient (Wildman–Crippen LogP) is 0.0246. The molecule has 0 aliphatic heterocycles. The molecule has 1 aliphatic carbocycles. The van der Waals surface area contributed by atoms with Crippen molar-refractivity contribution < 1.29 is 5.11 Å².